The van der Waals surface area contributed by atoms with Crippen molar-refractivity contribution < 1.29 is 14.3 Å². The average molecular weight is 377 g/mol. The number of amides is 1. The van der Waals surface area contributed by atoms with Gasteiger partial charge in [0.2, 0.25) is 11.7 Å². The molecule has 2 aromatic carbocycles. The van der Waals surface area contributed by atoms with E-state index in [1.807, 2.05) is 6.07 Å². The molecule has 0 unspecified atom stereocenters. The van der Waals surface area contributed by atoms with Crippen LogP contribution < -0.4 is 15.8 Å². The lowest BCUT2D eigenvalue weighted by molar-refractivity contribution is -0.114. The average Bonchev–Trinajstić information content (AvgIpc) is 2.98. The van der Waals surface area contributed by atoms with Crippen molar-refractivity contribution in [3.05, 3.63) is 76.5 Å². The number of carbonyl (C=O) groups is 2. The molecule has 0 aliphatic carbocycles. The maximum absolute atomic E-state index is 12.7. The fourth-order valence-electron chi connectivity index (χ4n) is 2.39. The Hall–Kier alpha value is -3.63. The van der Waals surface area contributed by atoms with E-state index in [-0.39, 0.29) is 33.0 Å². The Morgan fingerprint density at radius 2 is 1.78 bits per heavy atom. The molecule has 0 fully saturated rings. The van der Waals surface area contributed by atoms with E-state index in [1.54, 1.807) is 48.5 Å². The van der Waals surface area contributed by atoms with Crippen molar-refractivity contribution in [1.82, 2.24) is 0 Å². The lowest BCUT2D eigenvalue weighted by atomic mass is 10.1. The molecule has 3 N–H and O–H groups in total. The SMILES string of the molecule is [C-]#[N+]c1c(Oc2ccc(NC(C)=O)cc2)sc(C(=O)c2ccccc2)c1N. The first-order valence-electron chi connectivity index (χ1n) is 7.94. The smallest absolute Gasteiger partial charge is 0.262 e. The van der Waals surface area contributed by atoms with Gasteiger partial charge < -0.3 is 15.8 Å². The molecule has 0 saturated carbocycles. The van der Waals surface area contributed by atoms with Crippen molar-refractivity contribution >= 4 is 40.1 Å². The molecular formula is C20H15N3O3S. The first-order valence-corrected chi connectivity index (χ1v) is 8.76. The predicted molar refractivity (Wildman–Crippen MR) is 106 cm³/mol. The second-order valence-corrected chi connectivity index (χ2v) is 6.58. The highest BCUT2D eigenvalue weighted by atomic mass is 32.1. The van der Waals surface area contributed by atoms with Crippen LogP contribution in [-0.2, 0) is 4.79 Å². The molecule has 6 nitrogen and oxygen atoms in total. The molecule has 7 heteroatoms. The lowest BCUT2D eigenvalue weighted by Crippen LogP contribution is -2.05. The van der Waals surface area contributed by atoms with Crippen LogP contribution in [0.3, 0.4) is 0 Å². The number of benzene rings is 2. The maximum Gasteiger partial charge on any atom is 0.262 e. The molecule has 0 bridgehead atoms. The summed E-state index contributed by atoms with van der Waals surface area (Å²) < 4.78 is 5.77. The highest BCUT2D eigenvalue weighted by molar-refractivity contribution is 7.17. The van der Waals surface area contributed by atoms with Gasteiger partial charge >= 0.3 is 0 Å². The fraction of sp³-hybridized carbons (Fsp3) is 0.0500. The van der Waals surface area contributed by atoms with E-state index in [2.05, 4.69) is 10.2 Å². The second kappa shape index (κ2) is 7.72. The zero-order valence-corrected chi connectivity index (χ0v) is 15.2. The monoisotopic (exact) mass is 377 g/mol. The summed E-state index contributed by atoms with van der Waals surface area (Å²) in [6, 6.07) is 15.4. The fourth-order valence-corrected chi connectivity index (χ4v) is 3.39. The van der Waals surface area contributed by atoms with Gasteiger partial charge in [-0.15, -0.1) is 11.3 Å². The van der Waals surface area contributed by atoms with Gasteiger partial charge in [-0.1, -0.05) is 30.3 Å². The third kappa shape index (κ3) is 3.97. The summed E-state index contributed by atoms with van der Waals surface area (Å²) >= 11 is 1.04. The summed E-state index contributed by atoms with van der Waals surface area (Å²) in [5.41, 5.74) is 7.39. The van der Waals surface area contributed by atoms with E-state index in [1.165, 1.54) is 6.92 Å². The minimum atomic E-state index is -0.251. The molecule has 1 aromatic heterocycles. The number of nitrogens with two attached hydrogens (primary N) is 1. The summed E-state index contributed by atoms with van der Waals surface area (Å²) in [6.45, 7) is 8.80. The zero-order chi connectivity index (χ0) is 19.4. The topological polar surface area (TPSA) is 85.8 Å². The van der Waals surface area contributed by atoms with Crippen LogP contribution in [0.1, 0.15) is 22.2 Å². The van der Waals surface area contributed by atoms with E-state index in [4.69, 9.17) is 17.0 Å². The first-order chi connectivity index (χ1) is 13.0. The number of nitrogen functional groups attached to an aromatic ring is 1. The van der Waals surface area contributed by atoms with E-state index in [0.29, 0.717) is 17.0 Å². The predicted octanol–water partition coefficient (Wildman–Crippen LogP) is 4.86. The second-order valence-electron chi connectivity index (χ2n) is 5.60. The number of rotatable bonds is 5. The summed E-state index contributed by atoms with van der Waals surface area (Å²) in [5.74, 6) is 0.0434. The Balaban J connectivity index is 1.89. The Labute approximate surface area is 160 Å². The summed E-state index contributed by atoms with van der Waals surface area (Å²) in [6.07, 6.45) is 0. The van der Waals surface area contributed by atoms with E-state index >= 15 is 0 Å². The number of anilines is 2. The number of hydrogen-bond acceptors (Lipinski definition) is 5. The van der Waals surface area contributed by atoms with Gasteiger partial charge in [-0.2, -0.15) is 0 Å². The Bertz CT molecular complexity index is 1030. The van der Waals surface area contributed by atoms with Gasteiger partial charge in [0, 0.05) is 18.2 Å². The van der Waals surface area contributed by atoms with Crippen LogP contribution in [0.4, 0.5) is 17.1 Å². The number of carbonyl (C=O) groups excluding carboxylic acids is 2. The van der Waals surface area contributed by atoms with Gasteiger partial charge in [0.15, 0.2) is 5.06 Å². The van der Waals surface area contributed by atoms with Crippen LogP contribution in [0, 0.1) is 6.57 Å². The summed E-state index contributed by atoms with van der Waals surface area (Å²) in [7, 11) is 0. The molecular weight excluding hydrogens is 362 g/mol. The molecule has 0 saturated heterocycles. The maximum atomic E-state index is 12.7. The number of ether oxygens (including phenoxy) is 1. The zero-order valence-electron chi connectivity index (χ0n) is 14.4. The molecule has 134 valence electrons. The van der Waals surface area contributed by atoms with Gasteiger partial charge in [0.05, 0.1) is 17.1 Å². The van der Waals surface area contributed by atoms with Gasteiger partial charge in [-0.25, -0.2) is 4.85 Å². The lowest BCUT2D eigenvalue weighted by Gasteiger charge is -2.06. The first kappa shape index (κ1) is 18.2. The van der Waals surface area contributed by atoms with Crippen LogP contribution in [0.15, 0.2) is 54.6 Å². The number of nitrogens with one attached hydrogen (secondary N) is 1. The Morgan fingerprint density at radius 3 is 2.37 bits per heavy atom. The molecule has 1 heterocycles. The van der Waals surface area contributed by atoms with Crippen molar-refractivity contribution in [2.24, 2.45) is 0 Å². The minimum absolute atomic E-state index is 0.116. The summed E-state index contributed by atoms with van der Waals surface area (Å²) in [5, 5.41) is 2.92. The van der Waals surface area contributed by atoms with Crippen LogP contribution in [-0.4, -0.2) is 11.7 Å². The molecule has 0 aliphatic heterocycles. The highest BCUT2D eigenvalue weighted by Crippen LogP contribution is 2.47. The molecule has 0 spiro atoms. The van der Waals surface area contributed by atoms with Gasteiger partial charge in [0.25, 0.3) is 5.69 Å². The number of thiophene rings is 1. The van der Waals surface area contributed by atoms with E-state index in [9.17, 15) is 9.59 Å². The molecule has 0 atom stereocenters. The van der Waals surface area contributed by atoms with Crippen LogP contribution >= 0.6 is 11.3 Å². The van der Waals surface area contributed by atoms with Crippen molar-refractivity contribution in [3.8, 4) is 10.8 Å². The Morgan fingerprint density at radius 1 is 1.11 bits per heavy atom. The standard InChI is InChI=1S/C20H15N3O3S/c1-12(24)23-14-8-10-15(11-9-14)26-20-17(22-2)16(21)19(27-20)18(25)13-6-4-3-5-7-13/h3-11H,21H2,1H3,(H,23,24). The van der Waals surface area contributed by atoms with Crippen molar-refractivity contribution in [2.75, 3.05) is 11.1 Å². The largest absolute Gasteiger partial charge is 0.458 e. The molecule has 27 heavy (non-hydrogen) atoms. The third-order valence-corrected chi connectivity index (χ3v) is 4.70. The highest BCUT2D eigenvalue weighted by Gasteiger charge is 2.23. The van der Waals surface area contributed by atoms with E-state index in [0.717, 1.165) is 11.3 Å². The number of nitrogens with zero attached hydrogens (tertiary/aromatic N) is 1. The van der Waals surface area contributed by atoms with Gasteiger partial charge in [-0.3, -0.25) is 9.59 Å². The minimum Gasteiger partial charge on any atom is -0.458 e. The molecule has 3 rings (SSSR count). The van der Waals surface area contributed by atoms with Crippen molar-refractivity contribution in [2.45, 2.75) is 6.92 Å². The third-order valence-electron chi connectivity index (χ3n) is 3.63. The molecule has 3 aromatic rings. The Kier molecular flexibility index (Phi) is 5.20. The van der Waals surface area contributed by atoms with Crippen molar-refractivity contribution in [3.63, 3.8) is 0 Å². The normalized spacial score (nSPS) is 10.1. The number of ketones is 1. The van der Waals surface area contributed by atoms with Crippen molar-refractivity contribution in [1.29, 1.82) is 0 Å². The van der Waals surface area contributed by atoms with E-state index < -0.39 is 0 Å². The van der Waals surface area contributed by atoms with Crippen LogP contribution in [0.25, 0.3) is 4.85 Å². The van der Waals surface area contributed by atoms with Gasteiger partial charge in [-0.05, 0) is 24.3 Å². The van der Waals surface area contributed by atoms with Crippen LogP contribution in [0.2, 0.25) is 0 Å². The molecule has 0 radical (unpaired) electrons. The van der Waals surface area contributed by atoms with Crippen LogP contribution in [0.5, 0.6) is 10.8 Å². The molecule has 1 amide bonds. The molecule has 0 aliphatic rings. The quantitative estimate of drug-likeness (QED) is 0.491. The summed E-state index contributed by atoms with van der Waals surface area (Å²) in [4.78, 5) is 27.5. The van der Waals surface area contributed by atoms with Gasteiger partial charge in [0.1, 0.15) is 5.75 Å². The number of hydrogen-bond donors (Lipinski definition) is 2.